The fraction of sp³-hybridized carbons (Fsp3) is 0.0606. The Morgan fingerprint density at radius 2 is 0.986 bits per heavy atom. The van der Waals surface area contributed by atoms with Crippen molar-refractivity contribution in [2.45, 2.75) is 26.2 Å². The van der Waals surface area contributed by atoms with Crippen LogP contribution in [-0.2, 0) is 26.5 Å². The number of pyridine rings is 1. The van der Waals surface area contributed by atoms with Crippen molar-refractivity contribution in [3.05, 3.63) is 273 Å². The summed E-state index contributed by atoms with van der Waals surface area (Å²) in [7, 11) is -3.27. The van der Waals surface area contributed by atoms with Gasteiger partial charge < -0.3 is 14.4 Å². The Bertz CT molecular complexity index is 3620. The Morgan fingerprint density at radius 1 is 0.458 bits per heavy atom. The molecule has 3 heterocycles. The molecule has 0 aliphatic carbocycles. The molecule has 0 atom stereocenters. The normalized spacial score (nSPS) is 12.7. The van der Waals surface area contributed by atoms with Gasteiger partial charge in [-0.05, 0) is 103 Å². The Morgan fingerprint density at radius 3 is 1.57 bits per heavy atom. The molecule has 0 bridgehead atoms. The maximum Gasteiger partial charge on any atom is 0.135 e. The van der Waals surface area contributed by atoms with Crippen LogP contribution in [0.3, 0.4) is 0 Å². The van der Waals surface area contributed by atoms with E-state index in [0.29, 0.717) is 0 Å². The number of fused-ring (bicyclic) bond motifs is 3. The predicted molar refractivity (Wildman–Crippen MR) is 300 cm³/mol. The minimum Gasteiger partial charge on any atom is -0.500 e. The van der Waals surface area contributed by atoms with E-state index >= 15 is 0 Å². The monoisotopic (exact) mass is 1120 g/mol. The number of benzene rings is 9. The van der Waals surface area contributed by atoms with Gasteiger partial charge in [0, 0.05) is 38.5 Å². The number of aromatic nitrogens is 2. The van der Waals surface area contributed by atoms with Crippen molar-refractivity contribution in [2.24, 2.45) is 0 Å². The Labute approximate surface area is 438 Å². The van der Waals surface area contributed by atoms with Crippen LogP contribution in [0.2, 0.25) is 0 Å². The fourth-order valence-corrected chi connectivity index (χ4v) is 14.9. The molecule has 0 spiro atoms. The van der Waals surface area contributed by atoms with Crippen LogP contribution in [0.4, 0.5) is 11.4 Å². The molecule has 0 saturated heterocycles. The van der Waals surface area contributed by atoms with E-state index in [1.54, 1.807) is 0 Å². The number of nitrogens with zero attached hydrogens (tertiary/aromatic N) is 4. The van der Waals surface area contributed by atoms with E-state index in [1.807, 2.05) is 6.20 Å². The third-order valence-corrected chi connectivity index (χ3v) is 18.5. The number of hydrogen-bond donors (Lipinski definition) is 0. The van der Waals surface area contributed by atoms with Crippen molar-refractivity contribution in [3.63, 3.8) is 0 Å². The summed E-state index contributed by atoms with van der Waals surface area (Å²) in [5.74, 6) is 0.884. The molecule has 0 amide bonds. The third-order valence-electron chi connectivity index (χ3n) is 14.0. The van der Waals surface area contributed by atoms with Crippen LogP contribution in [0.15, 0.2) is 249 Å². The van der Waals surface area contributed by atoms with Gasteiger partial charge in [-0.15, -0.1) is 29.4 Å². The van der Waals surface area contributed by atoms with Crippen molar-refractivity contribution in [3.8, 4) is 39.2 Å². The second-order valence-electron chi connectivity index (χ2n) is 19.4. The van der Waals surface area contributed by atoms with Gasteiger partial charge in [-0.25, -0.2) is 4.98 Å². The molecule has 0 N–H and O–H groups in total. The maximum atomic E-state index is 5.06. The first-order chi connectivity index (χ1) is 34.8. The molecule has 1 aliphatic rings. The van der Waals surface area contributed by atoms with Crippen LogP contribution in [0.25, 0.3) is 61.0 Å². The molecule has 11 aromatic rings. The van der Waals surface area contributed by atoms with E-state index in [1.165, 1.54) is 32.5 Å². The number of hydrogen-bond acceptors (Lipinski definition) is 3. The van der Waals surface area contributed by atoms with E-state index in [9.17, 15) is 0 Å². The summed E-state index contributed by atoms with van der Waals surface area (Å²) < 4.78 is 2.32. The molecule has 2 aromatic heterocycles. The summed E-state index contributed by atoms with van der Waals surface area (Å²) >= 11 is 0. The van der Waals surface area contributed by atoms with Crippen LogP contribution >= 0.6 is 0 Å². The first-order valence-corrected chi connectivity index (χ1v) is 26.3. The van der Waals surface area contributed by atoms with Gasteiger partial charge >= 0.3 is 0 Å². The van der Waals surface area contributed by atoms with Gasteiger partial charge in [0.05, 0.1) is 0 Å². The Balaban J connectivity index is 0.00000560. The Hall–Kier alpha value is -7.82. The average molecular weight is 1120 g/mol. The van der Waals surface area contributed by atoms with Crippen LogP contribution in [0, 0.1) is 18.8 Å². The van der Waals surface area contributed by atoms with Crippen molar-refractivity contribution < 1.29 is 21.1 Å². The number of anilines is 2. The average Bonchev–Trinajstić information content (AvgIpc) is 4.06. The molecule has 9 aromatic carbocycles. The second-order valence-corrected chi connectivity index (χ2v) is 23.1. The van der Waals surface area contributed by atoms with Gasteiger partial charge in [0.2, 0.25) is 0 Å². The molecule has 72 heavy (non-hydrogen) atoms. The van der Waals surface area contributed by atoms with Gasteiger partial charge in [-0.2, -0.15) is 40.7 Å². The van der Waals surface area contributed by atoms with Crippen LogP contribution in [-0.4, -0.2) is 17.6 Å². The molecule has 0 saturated carbocycles. The van der Waals surface area contributed by atoms with Crippen molar-refractivity contribution in [2.75, 3.05) is 9.80 Å². The summed E-state index contributed by atoms with van der Waals surface area (Å²) in [5, 5.41) is 7.08. The standard InChI is InChI=1S/C66H51N4Si.Pt/c1-66(2,3)54-35-36-67-65(44-54)70-63-32-20-19-31-61(63)62-34-33-59(46-64(62)70)71(57-27-15-7-16-28-57,58-29-17-8-18-30-58)60-43-53(50-25-13-6-14-26-50)42-56(45-60)69-38-37-68(47-69)55-40-51(48-21-9-4-10-22-48)39-52(41-55)49-23-11-5-12-24-49;/h4-44,47H,1-3H3;/q-3;. The van der Waals surface area contributed by atoms with E-state index < -0.39 is 8.07 Å². The van der Waals surface area contributed by atoms with E-state index in [2.05, 4.69) is 297 Å². The molecule has 0 fully saturated rings. The number of rotatable bonds is 10. The molecular weight excluding hydrogens is 1070 g/mol. The predicted octanol–water partition coefficient (Wildman–Crippen LogP) is 13.4. The number of para-hydroxylation sites is 1. The summed E-state index contributed by atoms with van der Waals surface area (Å²) in [4.78, 5) is 9.51. The van der Waals surface area contributed by atoms with Gasteiger partial charge in [0.15, 0.2) is 0 Å². The minimum atomic E-state index is -3.27. The maximum absolute atomic E-state index is 5.06. The zero-order chi connectivity index (χ0) is 47.9. The third kappa shape index (κ3) is 8.53. The summed E-state index contributed by atoms with van der Waals surface area (Å²) in [6.45, 7) is 8.96. The van der Waals surface area contributed by atoms with Crippen LogP contribution < -0.4 is 30.5 Å². The zero-order valence-corrected chi connectivity index (χ0v) is 43.6. The molecule has 6 heteroatoms. The molecular formula is C66H51N4PtSi-3. The minimum absolute atomic E-state index is 0. The van der Waals surface area contributed by atoms with Gasteiger partial charge in [-0.1, -0.05) is 196 Å². The summed E-state index contributed by atoms with van der Waals surface area (Å²) in [6.07, 6.45) is 6.27. The molecule has 4 nitrogen and oxygen atoms in total. The van der Waals surface area contributed by atoms with E-state index in [-0.39, 0.29) is 26.5 Å². The zero-order valence-electron chi connectivity index (χ0n) is 40.4. The van der Waals surface area contributed by atoms with Crippen LogP contribution in [0.5, 0.6) is 0 Å². The molecule has 1 aliphatic heterocycles. The quantitative estimate of drug-likeness (QED) is 0.0775. The molecule has 0 unspecified atom stereocenters. The first kappa shape index (κ1) is 46.6. The van der Waals surface area contributed by atoms with Gasteiger partial charge in [0.1, 0.15) is 13.9 Å². The first-order valence-electron chi connectivity index (χ1n) is 24.3. The fourth-order valence-electron chi connectivity index (χ4n) is 10.4. The molecule has 12 rings (SSSR count). The van der Waals surface area contributed by atoms with Crippen molar-refractivity contribution in [1.82, 2.24) is 9.55 Å². The Kier molecular flexibility index (Phi) is 12.5. The summed E-state index contributed by atoms with van der Waals surface area (Å²) in [6, 6.07) is 92.0. The topological polar surface area (TPSA) is 24.3 Å². The SMILES string of the molecule is CC(C)(C)c1ccnc(-n2c3[c-]c([Si](c4[c-]c(N5C=CN(c6cc(-c7ccccc7)cc(-c7ccccc7)c6)[CH-]5)cc(-c5ccccc5)c4)(c4ccccc4)c4ccccc4)ccc3c3ccccc32)c1.[Pt]. The van der Waals surface area contributed by atoms with E-state index in [0.717, 1.165) is 66.2 Å². The molecule has 0 radical (unpaired) electrons. The van der Waals surface area contributed by atoms with Gasteiger partial charge in [-0.3, -0.25) is 0 Å². The van der Waals surface area contributed by atoms with Crippen molar-refractivity contribution in [1.29, 1.82) is 0 Å². The second kappa shape index (κ2) is 19.4. The smallest absolute Gasteiger partial charge is 0.135 e. The van der Waals surface area contributed by atoms with Crippen molar-refractivity contribution >= 4 is 62.0 Å². The van der Waals surface area contributed by atoms with Gasteiger partial charge in [0.25, 0.3) is 0 Å². The largest absolute Gasteiger partial charge is 0.500 e. The van der Waals surface area contributed by atoms with E-state index in [4.69, 9.17) is 4.98 Å². The summed E-state index contributed by atoms with van der Waals surface area (Å²) in [5.41, 5.74) is 12.2. The van der Waals surface area contributed by atoms with Crippen LogP contribution in [0.1, 0.15) is 26.3 Å². The molecule has 352 valence electrons.